The Bertz CT molecular complexity index is 469. The molecule has 0 unspecified atom stereocenters. The molecule has 0 aliphatic carbocycles. The number of carbonyl (C=O) groups is 1. The molecule has 1 aliphatic heterocycles. The summed E-state index contributed by atoms with van der Waals surface area (Å²) in [5.74, 6) is 1.12. The zero-order valence-corrected chi connectivity index (χ0v) is 13.1. The number of aromatic nitrogens is 1. The molecular formula is C16H26N4O. The van der Waals surface area contributed by atoms with Crippen molar-refractivity contribution in [2.24, 2.45) is 0 Å². The Morgan fingerprint density at radius 1 is 1.33 bits per heavy atom. The number of amides is 1. The summed E-state index contributed by atoms with van der Waals surface area (Å²) < 4.78 is 0. The van der Waals surface area contributed by atoms with Gasteiger partial charge in [0.2, 0.25) is 5.91 Å². The molecule has 5 nitrogen and oxygen atoms in total. The SMILES string of the molecule is CCCC(=O)Nc1ccnc(N2CCNCC2)c1CCC. The van der Waals surface area contributed by atoms with E-state index in [0.717, 1.165) is 56.9 Å². The first-order valence-corrected chi connectivity index (χ1v) is 7.99. The first-order valence-electron chi connectivity index (χ1n) is 7.99. The molecular weight excluding hydrogens is 264 g/mol. The van der Waals surface area contributed by atoms with Crippen LogP contribution in [0.2, 0.25) is 0 Å². The molecule has 1 saturated heterocycles. The van der Waals surface area contributed by atoms with E-state index in [1.807, 2.05) is 13.0 Å². The Kier molecular flexibility index (Phi) is 5.99. The largest absolute Gasteiger partial charge is 0.354 e. The van der Waals surface area contributed by atoms with Gasteiger partial charge < -0.3 is 15.5 Å². The van der Waals surface area contributed by atoms with Crippen LogP contribution in [0.5, 0.6) is 0 Å². The molecule has 0 aromatic carbocycles. The van der Waals surface area contributed by atoms with Crippen LogP contribution >= 0.6 is 0 Å². The van der Waals surface area contributed by atoms with Crippen molar-refractivity contribution in [3.05, 3.63) is 17.8 Å². The molecule has 0 spiro atoms. The quantitative estimate of drug-likeness (QED) is 0.843. The van der Waals surface area contributed by atoms with E-state index in [0.29, 0.717) is 6.42 Å². The maximum Gasteiger partial charge on any atom is 0.224 e. The highest BCUT2D eigenvalue weighted by molar-refractivity contribution is 5.92. The van der Waals surface area contributed by atoms with Crippen LogP contribution in [0.4, 0.5) is 11.5 Å². The highest BCUT2D eigenvalue weighted by atomic mass is 16.1. The lowest BCUT2D eigenvalue weighted by Gasteiger charge is -2.30. The van der Waals surface area contributed by atoms with Crippen molar-refractivity contribution < 1.29 is 4.79 Å². The second kappa shape index (κ2) is 7.98. The molecule has 21 heavy (non-hydrogen) atoms. The van der Waals surface area contributed by atoms with Crippen LogP contribution in [0.15, 0.2) is 12.3 Å². The van der Waals surface area contributed by atoms with Gasteiger partial charge in [-0.2, -0.15) is 0 Å². The number of hydrogen-bond donors (Lipinski definition) is 2. The number of nitrogens with zero attached hydrogens (tertiary/aromatic N) is 2. The Labute approximate surface area is 127 Å². The molecule has 2 rings (SSSR count). The molecule has 2 N–H and O–H groups in total. The number of nitrogens with one attached hydrogen (secondary N) is 2. The van der Waals surface area contributed by atoms with Crippen LogP contribution in [0.25, 0.3) is 0 Å². The number of rotatable bonds is 6. The van der Waals surface area contributed by atoms with Gasteiger partial charge in [0.25, 0.3) is 0 Å². The molecule has 0 saturated carbocycles. The molecule has 1 aliphatic rings. The van der Waals surface area contributed by atoms with Gasteiger partial charge in [-0.05, 0) is 18.9 Å². The van der Waals surface area contributed by atoms with Gasteiger partial charge in [0.15, 0.2) is 0 Å². The number of anilines is 2. The Balaban J connectivity index is 2.25. The van der Waals surface area contributed by atoms with Gasteiger partial charge in [-0.3, -0.25) is 4.79 Å². The summed E-state index contributed by atoms with van der Waals surface area (Å²) in [5, 5.41) is 6.41. The minimum atomic E-state index is 0.0901. The summed E-state index contributed by atoms with van der Waals surface area (Å²) in [5.41, 5.74) is 2.10. The Morgan fingerprint density at radius 3 is 2.76 bits per heavy atom. The minimum Gasteiger partial charge on any atom is -0.354 e. The van der Waals surface area contributed by atoms with E-state index < -0.39 is 0 Å². The fourth-order valence-electron chi connectivity index (χ4n) is 2.68. The van der Waals surface area contributed by atoms with E-state index in [-0.39, 0.29) is 5.91 Å². The van der Waals surface area contributed by atoms with E-state index in [1.165, 1.54) is 5.56 Å². The fraction of sp³-hybridized carbons (Fsp3) is 0.625. The monoisotopic (exact) mass is 290 g/mol. The van der Waals surface area contributed by atoms with Gasteiger partial charge in [-0.1, -0.05) is 20.3 Å². The van der Waals surface area contributed by atoms with E-state index in [9.17, 15) is 4.79 Å². The summed E-state index contributed by atoms with van der Waals surface area (Å²) in [6, 6.07) is 1.92. The summed E-state index contributed by atoms with van der Waals surface area (Å²) in [7, 11) is 0. The first-order chi connectivity index (χ1) is 10.3. The molecule has 1 aromatic heterocycles. The second-order valence-corrected chi connectivity index (χ2v) is 5.45. The summed E-state index contributed by atoms with van der Waals surface area (Å²) >= 11 is 0. The lowest BCUT2D eigenvalue weighted by molar-refractivity contribution is -0.116. The summed E-state index contributed by atoms with van der Waals surface area (Å²) in [6.45, 7) is 8.09. The molecule has 0 atom stereocenters. The average molecular weight is 290 g/mol. The third-order valence-electron chi connectivity index (χ3n) is 3.70. The number of piperazine rings is 1. The predicted molar refractivity (Wildman–Crippen MR) is 86.9 cm³/mol. The van der Waals surface area contributed by atoms with Gasteiger partial charge in [-0.15, -0.1) is 0 Å². The van der Waals surface area contributed by atoms with Crippen molar-refractivity contribution >= 4 is 17.4 Å². The second-order valence-electron chi connectivity index (χ2n) is 5.45. The molecule has 1 fully saturated rings. The first kappa shape index (κ1) is 15.8. The molecule has 5 heteroatoms. The van der Waals surface area contributed by atoms with Crippen molar-refractivity contribution in [3.63, 3.8) is 0 Å². The third-order valence-corrected chi connectivity index (χ3v) is 3.70. The van der Waals surface area contributed by atoms with Gasteiger partial charge in [-0.25, -0.2) is 4.98 Å². The zero-order valence-electron chi connectivity index (χ0n) is 13.1. The van der Waals surface area contributed by atoms with Crippen LogP contribution in [0.3, 0.4) is 0 Å². The van der Waals surface area contributed by atoms with Crippen LogP contribution < -0.4 is 15.5 Å². The highest BCUT2D eigenvalue weighted by Crippen LogP contribution is 2.27. The summed E-state index contributed by atoms with van der Waals surface area (Å²) in [6.07, 6.45) is 5.22. The van der Waals surface area contributed by atoms with Crippen LogP contribution in [-0.2, 0) is 11.2 Å². The maximum atomic E-state index is 11.9. The Morgan fingerprint density at radius 2 is 2.10 bits per heavy atom. The molecule has 1 aromatic rings. The summed E-state index contributed by atoms with van der Waals surface area (Å²) in [4.78, 5) is 18.8. The van der Waals surface area contributed by atoms with Crippen molar-refractivity contribution in [2.45, 2.75) is 39.5 Å². The average Bonchev–Trinajstić information content (AvgIpc) is 2.50. The van der Waals surface area contributed by atoms with Crippen molar-refractivity contribution in [3.8, 4) is 0 Å². The van der Waals surface area contributed by atoms with Crippen molar-refractivity contribution in [1.29, 1.82) is 0 Å². The van der Waals surface area contributed by atoms with E-state index in [1.54, 1.807) is 6.20 Å². The van der Waals surface area contributed by atoms with Crippen molar-refractivity contribution in [2.75, 3.05) is 36.4 Å². The van der Waals surface area contributed by atoms with E-state index in [4.69, 9.17) is 0 Å². The minimum absolute atomic E-state index is 0.0901. The molecule has 2 heterocycles. The van der Waals surface area contributed by atoms with Crippen LogP contribution in [-0.4, -0.2) is 37.1 Å². The fourth-order valence-corrected chi connectivity index (χ4v) is 2.68. The van der Waals surface area contributed by atoms with E-state index >= 15 is 0 Å². The normalized spacial score (nSPS) is 15.0. The number of carbonyl (C=O) groups excluding carboxylic acids is 1. The lowest BCUT2D eigenvalue weighted by Crippen LogP contribution is -2.44. The maximum absolute atomic E-state index is 11.9. The number of hydrogen-bond acceptors (Lipinski definition) is 4. The molecule has 0 bridgehead atoms. The standard InChI is InChI=1S/C16H26N4O/c1-3-5-13-14(19-15(21)6-4-2)7-8-18-16(13)20-11-9-17-10-12-20/h7-8,17H,3-6,9-12H2,1-2H3,(H,18,19,21). The third kappa shape index (κ3) is 4.17. The van der Waals surface area contributed by atoms with Gasteiger partial charge in [0.1, 0.15) is 5.82 Å². The zero-order chi connectivity index (χ0) is 15.1. The molecule has 1 amide bonds. The highest BCUT2D eigenvalue weighted by Gasteiger charge is 2.18. The van der Waals surface area contributed by atoms with Gasteiger partial charge >= 0.3 is 0 Å². The lowest BCUT2D eigenvalue weighted by atomic mass is 10.1. The smallest absolute Gasteiger partial charge is 0.224 e. The van der Waals surface area contributed by atoms with Crippen molar-refractivity contribution in [1.82, 2.24) is 10.3 Å². The predicted octanol–water partition coefficient (Wildman–Crippen LogP) is 2.18. The van der Waals surface area contributed by atoms with E-state index in [2.05, 4.69) is 27.4 Å². The van der Waals surface area contributed by atoms with Crippen LogP contribution in [0, 0.1) is 0 Å². The van der Waals surface area contributed by atoms with Gasteiger partial charge in [0, 0.05) is 50.0 Å². The molecule has 116 valence electrons. The van der Waals surface area contributed by atoms with Crippen LogP contribution in [0.1, 0.15) is 38.7 Å². The topological polar surface area (TPSA) is 57.3 Å². The number of pyridine rings is 1. The molecule has 0 radical (unpaired) electrons. The Hall–Kier alpha value is -1.62. The van der Waals surface area contributed by atoms with Gasteiger partial charge in [0.05, 0.1) is 0 Å².